The van der Waals surface area contributed by atoms with Gasteiger partial charge in [-0.3, -0.25) is 0 Å². The first-order valence-electron chi connectivity index (χ1n) is 25.2. The molecule has 5 aromatic rings. The molecule has 18 nitrogen and oxygen atoms in total. The lowest BCUT2D eigenvalue weighted by atomic mass is 10.2. The Bertz CT molecular complexity index is 2140. The number of benzene rings is 5. The van der Waals surface area contributed by atoms with Crippen LogP contribution in [0.3, 0.4) is 0 Å². The highest BCUT2D eigenvalue weighted by Gasteiger charge is 2.13. The summed E-state index contributed by atoms with van der Waals surface area (Å²) < 4.78 is 106. The van der Waals surface area contributed by atoms with Crippen molar-refractivity contribution < 1.29 is 85.3 Å². The van der Waals surface area contributed by atoms with Crippen LogP contribution >= 0.6 is 0 Å². The maximum atomic E-state index is 6.24. The molecule has 0 radical (unpaired) electrons. The van der Waals surface area contributed by atoms with Crippen LogP contribution in [0.2, 0.25) is 0 Å². The van der Waals surface area contributed by atoms with Crippen LogP contribution < -0.4 is 47.4 Å². The molecule has 0 saturated carbocycles. The summed E-state index contributed by atoms with van der Waals surface area (Å²) in [4.78, 5) is 0. The Morgan fingerprint density at radius 2 is 0.473 bits per heavy atom. The van der Waals surface area contributed by atoms with Crippen molar-refractivity contribution in [3.05, 3.63) is 120 Å². The third kappa shape index (κ3) is 21.3. The molecule has 0 unspecified atom stereocenters. The highest BCUT2D eigenvalue weighted by Crippen LogP contribution is 2.32. The Morgan fingerprint density at radius 1 is 0.230 bits per heavy atom. The summed E-state index contributed by atoms with van der Waals surface area (Å²) in [6.45, 7) is 9.70. The van der Waals surface area contributed by atoms with E-state index in [0.29, 0.717) is 216 Å². The minimum Gasteiger partial charge on any atom is -0.489 e. The van der Waals surface area contributed by atoms with Gasteiger partial charge >= 0.3 is 0 Å². The quantitative estimate of drug-likeness (QED) is 0.165. The molecular formula is C56H70O18. The van der Waals surface area contributed by atoms with Gasteiger partial charge in [-0.2, -0.15) is 0 Å². The van der Waals surface area contributed by atoms with Crippen LogP contribution in [0.15, 0.2) is 109 Å². The fraction of sp³-hybridized carbons (Fsp3) is 0.464. The monoisotopic (exact) mass is 1030 g/mol. The predicted molar refractivity (Wildman–Crippen MR) is 271 cm³/mol. The zero-order chi connectivity index (χ0) is 50.8. The maximum Gasteiger partial charge on any atom is 0.161 e. The summed E-state index contributed by atoms with van der Waals surface area (Å²) in [7, 11) is 0. The first kappa shape index (κ1) is 55.5. The van der Waals surface area contributed by atoms with Crippen molar-refractivity contribution in [3.63, 3.8) is 0 Å². The Kier molecular flexibility index (Phi) is 25.7. The summed E-state index contributed by atoms with van der Waals surface area (Å²) in [6.07, 6.45) is 0. The minimum absolute atomic E-state index is 0.273. The molecule has 74 heavy (non-hydrogen) atoms. The topological polar surface area (TPSA) is 166 Å². The van der Waals surface area contributed by atoms with Crippen molar-refractivity contribution in [1.82, 2.24) is 0 Å². The number of rotatable bonds is 6. The number of ether oxygens (including phenoxy) is 18. The normalized spacial score (nSPS) is 17.5. The molecule has 0 atom stereocenters. The average molecular weight is 1030 g/mol. The molecule has 2 heterocycles. The molecule has 0 aromatic heterocycles. The van der Waals surface area contributed by atoms with Gasteiger partial charge in [0.2, 0.25) is 0 Å². The highest BCUT2D eigenvalue weighted by molar-refractivity contribution is 5.45. The van der Waals surface area contributed by atoms with E-state index in [9.17, 15) is 0 Å². The molecule has 0 bridgehead atoms. The SMILES string of the molecule is c1cc(OCc2ccc3c(c2)OCCOCCOCCOc2ccccc2OCCOCCOCCO3)cc(OCc2ccc3c(c2)OCCOCCOCCOc2ccccc2OCCOCCOCCO3)c1. The van der Waals surface area contributed by atoms with Crippen molar-refractivity contribution >= 4 is 0 Å². The molecule has 0 aliphatic carbocycles. The van der Waals surface area contributed by atoms with E-state index in [-0.39, 0.29) is 13.2 Å². The second-order valence-electron chi connectivity index (χ2n) is 16.2. The first-order valence-corrected chi connectivity index (χ1v) is 25.2. The van der Waals surface area contributed by atoms with Crippen molar-refractivity contribution in [2.24, 2.45) is 0 Å². The van der Waals surface area contributed by atoms with Crippen molar-refractivity contribution in [1.29, 1.82) is 0 Å². The van der Waals surface area contributed by atoms with E-state index in [2.05, 4.69) is 0 Å². The van der Waals surface area contributed by atoms with Gasteiger partial charge in [-0.15, -0.1) is 0 Å². The van der Waals surface area contributed by atoms with E-state index in [1.54, 1.807) is 0 Å². The summed E-state index contributed by atoms with van der Waals surface area (Å²) in [6, 6.07) is 34.0. The summed E-state index contributed by atoms with van der Waals surface area (Å²) >= 11 is 0. The number of fused-ring (bicyclic) bond motifs is 4. The largest absolute Gasteiger partial charge is 0.489 e. The standard InChI is InChI=1S/C56H70O18/c1-3-10-51-49(8-1)65-32-24-57-16-18-61-28-36-69-53-14-12-45(40-55(53)71-38-30-63-22-20-59-26-34-67-51)43-73-47-6-5-7-48(42-47)74-44-46-13-15-54-56(41-46)72-39-31-64-23-21-60-27-35-68-52-11-4-2-9-50(52)66-33-25-58-17-19-62-29-37-70-54/h1-15,40-42H,16-39,43-44H2. The number of hydrogen-bond acceptors (Lipinski definition) is 18. The molecule has 0 amide bonds. The van der Waals surface area contributed by atoms with Crippen LogP contribution in [0, 0.1) is 0 Å². The zero-order valence-electron chi connectivity index (χ0n) is 42.1. The fourth-order valence-corrected chi connectivity index (χ4v) is 7.09. The fourth-order valence-electron chi connectivity index (χ4n) is 7.09. The van der Waals surface area contributed by atoms with Crippen LogP contribution in [0.5, 0.6) is 57.5 Å². The van der Waals surface area contributed by atoms with Crippen molar-refractivity contribution in [3.8, 4) is 57.5 Å². The summed E-state index contributed by atoms with van der Waals surface area (Å²) in [5.74, 6) is 6.18. The number of para-hydroxylation sites is 4. The van der Waals surface area contributed by atoms with Gasteiger partial charge in [-0.1, -0.05) is 42.5 Å². The van der Waals surface area contributed by atoms with E-state index >= 15 is 0 Å². The van der Waals surface area contributed by atoms with Crippen LogP contribution in [0.25, 0.3) is 0 Å². The van der Waals surface area contributed by atoms with E-state index < -0.39 is 0 Å². The Morgan fingerprint density at radius 3 is 0.757 bits per heavy atom. The average Bonchev–Trinajstić information content (AvgIpc) is 3.42. The lowest BCUT2D eigenvalue weighted by molar-refractivity contribution is 0.0223. The zero-order valence-corrected chi connectivity index (χ0v) is 42.1. The van der Waals surface area contributed by atoms with Crippen LogP contribution in [-0.4, -0.2) is 159 Å². The molecule has 2 aliphatic heterocycles. The van der Waals surface area contributed by atoms with Crippen molar-refractivity contribution in [2.45, 2.75) is 13.2 Å². The summed E-state index contributed by atoms with van der Waals surface area (Å²) in [5, 5.41) is 0. The van der Waals surface area contributed by atoms with Gasteiger partial charge in [0.25, 0.3) is 0 Å². The molecule has 0 N–H and O–H groups in total. The third-order valence-corrected chi connectivity index (χ3v) is 10.7. The Hall–Kier alpha value is -6.22. The first-order chi connectivity index (χ1) is 36.8. The molecule has 5 aromatic carbocycles. The molecule has 0 fully saturated rings. The highest BCUT2D eigenvalue weighted by atomic mass is 16.6. The van der Waals surface area contributed by atoms with Gasteiger partial charge in [0, 0.05) is 6.07 Å². The van der Waals surface area contributed by atoms with E-state index in [1.165, 1.54) is 0 Å². The number of hydrogen-bond donors (Lipinski definition) is 0. The van der Waals surface area contributed by atoms with E-state index in [1.807, 2.05) is 109 Å². The molecular weight excluding hydrogens is 961 g/mol. The van der Waals surface area contributed by atoms with Gasteiger partial charge in [0.15, 0.2) is 46.0 Å². The lowest BCUT2D eigenvalue weighted by Gasteiger charge is -2.16. The Balaban J connectivity index is 0.868. The van der Waals surface area contributed by atoms with E-state index in [4.69, 9.17) is 85.3 Å². The lowest BCUT2D eigenvalue weighted by Crippen LogP contribution is -2.15. The van der Waals surface area contributed by atoms with Gasteiger partial charge in [0.05, 0.1) is 106 Å². The molecule has 0 saturated heterocycles. The minimum atomic E-state index is 0.273. The molecule has 0 spiro atoms. The van der Waals surface area contributed by atoms with Gasteiger partial charge in [-0.05, 0) is 71.8 Å². The second-order valence-corrected chi connectivity index (χ2v) is 16.2. The van der Waals surface area contributed by atoms with Gasteiger partial charge in [0.1, 0.15) is 77.6 Å². The van der Waals surface area contributed by atoms with Gasteiger partial charge < -0.3 is 85.3 Å². The second kappa shape index (κ2) is 34.3. The Labute approximate surface area is 433 Å². The van der Waals surface area contributed by atoms with E-state index in [0.717, 1.165) is 11.1 Å². The van der Waals surface area contributed by atoms with Gasteiger partial charge in [-0.25, -0.2) is 0 Å². The molecule has 2 aliphatic rings. The maximum absolute atomic E-state index is 6.24. The van der Waals surface area contributed by atoms with Crippen LogP contribution in [-0.2, 0) is 51.1 Å². The van der Waals surface area contributed by atoms with Crippen LogP contribution in [0.1, 0.15) is 11.1 Å². The third-order valence-electron chi connectivity index (χ3n) is 10.7. The predicted octanol–water partition coefficient (Wildman–Crippen LogP) is 7.44. The van der Waals surface area contributed by atoms with Crippen molar-refractivity contribution in [2.75, 3.05) is 159 Å². The molecule has 18 heteroatoms. The summed E-state index contributed by atoms with van der Waals surface area (Å²) in [5.41, 5.74) is 1.76. The molecule has 402 valence electrons. The van der Waals surface area contributed by atoms with Crippen LogP contribution in [0.4, 0.5) is 0 Å². The molecule has 7 rings (SSSR count). The smallest absolute Gasteiger partial charge is 0.161 e.